The van der Waals surface area contributed by atoms with Gasteiger partial charge in [0, 0.05) is 0 Å². The van der Waals surface area contributed by atoms with Gasteiger partial charge in [-0.05, 0) is 47.0 Å². The van der Waals surface area contributed by atoms with Crippen LogP contribution in [0.25, 0.3) is 6.08 Å². The highest BCUT2D eigenvalue weighted by atomic mass is 32.2. The average Bonchev–Trinajstić information content (AvgIpc) is 2.82. The van der Waals surface area contributed by atoms with Crippen molar-refractivity contribution in [3.8, 4) is 0 Å². The number of thioether (sulfide) groups is 1. The maximum absolute atomic E-state index is 12.5. The van der Waals surface area contributed by atoms with Crippen LogP contribution in [0.1, 0.15) is 30.9 Å². The van der Waals surface area contributed by atoms with E-state index in [0.29, 0.717) is 16.5 Å². The van der Waals surface area contributed by atoms with E-state index >= 15 is 0 Å². The van der Waals surface area contributed by atoms with E-state index in [2.05, 4.69) is 26.0 Å². The van der Waals surface area contributed by atoms with Gasteiger partial charge in [-0.1, -0.05) is 56.3 Å². The number of carbonyl (C=O) groups is 2. The molecule has 2 aromatic carbocycles. The van der Waals surface area contributed by atoms with Crippen molar-refractivity contribution in [1.29, 1.82) is 0 Å². The van der Waals surface area contributed by atoms with E-state index in [-0.39, 0.29) is 11.1 Å². The zero-order valence-electron chi connectivity index (χ0n) is 13.0. The second-order valence-electron chi connectivity index (χ2n) is 5.67. The second kappa shape index (κ2) is 6.42. The van der Waals surface area contributed by atoms with E-state index < -0.39 is 0 Å². The van der Waals surface area contributed by atoms with Crippen molar-refractivity contribution >= 4 is 34.7 Å². The molecule has 3 rings (SSSR count). The highest BCUT2D eigenvalue weighted by molar-refractivity contribution is 8.19. The van der Waals surface area contributed by atoms with E-state index in [9.17, 15) is 9.59 Å². The number of rotatable bonds is 3. The van der Waals surface area contributed by atoms with Crippen LogP contribution in [-0.4, -0.2) is 11.1 Å². The lowest BCUT2D eigenvalue weighted by molar-refractivity contribution is -0.113. The standard InChI is InChI=1S/C19H17NO2S/c1-13(2)15-10-8-14(9-11-15)12-17-18(21)20(19(22)23-17)16-6-4-3-5-7-16/h3-13H,1-2H3. The Balaban J connectivity index is 1.87. The SMILES string of the molecule is CC(C)c1ccc(C=C2SC(=O)N(c3ccccc3)C2=O)cc1. The van der Waals surface area contributed by atoms with Crippen LogP contribution < -0.4 is 4.90 Å². The lowest BCUT2D eigenvalue weighted by Crippen LogP contribution is -2.27. The van der Waals surface area contributed by atoms with Gasteiger partial charge in [-0.2, -0.15) is 0 Å². The van der Waals surface area contributed by atoms with Crippen LogP contribution in [0, 0.1) is 0 Å². The molecule has 2 amide bonds. The van der Waals surface area contributed by atoms with Crippen LogP contribution in [0.3, 0.4) is 0 Å². The van der Waals surface area contributed by atoms with Gasteiger partial charge in [-0.25, -0.2) is 4.90 Å². The molecule has 2 aromatic rings. The normalized spacial score (nSPS) is 16.7. The number of carbonyl (C=O) groups excluding carboxylic acids is 2. The van der Waals surface area contributed by atoms with Crippen LogP contribution in [0.5, 0.6) is 0 Å². The molecule has 0 radical (unpaired) electrons. The molecule has 1 aliphatic heterocycles. The number of imide groups is 1. The third-order valence-electron chi connectivity index (χ3n) is 3.71. The molecule has 0 bridgehead atoms. The fraction of sp³-hybridized carbons (Fsp3) is 0.158. The van der Waals surface area contributed by atoms with Crippen LogP contribution in [-0.2, 0) is 4.79 Å². The summed E-state index contributed by atoms with van der Waals surface area (Å²) >= 11 is 0.981. The molecular formula is C19H17NO2S. The van der Waals surface area contributed by atoms with Crippen molar-refractivity contribution in [1.82, 2.24) is 0 Å². The lowest BCUT2D eigenvalue weighted by atomic mass is 10.0. The van der Waals surface area contributed by atoms with Gasteiger partial charge in [0.1, 0.15) is 0 Å². The van der Waals surface area contributed by atoms with E-state index in [1.54, 1.807) is 18.2 Å². The Labute approximate surface area is 140 Å². The minimum absolute atomic E-state index is 0.258. The molecule has 0 atom stereocenters. The summed E-state index contributed by atoms with van der Waals surface area (Å²) in [5.41, 5.74) is 2.78. The Morgan fingerprint density at radius 1 is 0.957 bits per heavy atom. The summed E-state index contributed by atoms with van der Waals surface area (Å²) in [4.78, 5) is 26.3. The molecule has 0 saturated carbocycles. The highest BCUT2D eigenvalue weighted by Crippen LogP contribution is 2.35. The Bertz CT molecular complexity index is 764. The molecule has 1 aliphatic rings. The monoisotopic (exact) mass is 323 g/mol. The van der Waals surface area contributed by atoms with Crippen molar-refractivity contribution in [2.24, 2.45) is 0 Å². The zero-order chi connectivity index (χ0) is 16.4. The summed E-state index contributed by atoms with van der Waals surface area (Å²) in [6.45, 7) is 4.28. The smallest absolute Gasteiger partial charge is 0.268 e. The van der Waals surface area contributed by atoms with Gasteiger partial charge in [0.15, 0.2) is 0 Å². The number of amides is 2. The number of hydrogen-bond acceptors (Lipinski definition) is 3. The van der Waals surface area contributed by atoms with Crippen molar-refractivity contribution in [3.63, 3.8) is 0 Å². The van der Waals surface area contributed by atoms with Gasteiger partial charge in [0.25, 0.3) is 11.1 Å². The summed E-state index contributed by atoms with van der Waals surface area (Å²) in [6, 6.07) is 17.1. The van der Waals surface area contributed by atoms with Crippen molar-refractivity contribution in [3.05, 3.63) is 70.6 Å². The molecule has 23 heavy (non-hydrogen) atoms. The first kappa shape index (κ1) is 15.6. The summed E-state index contributed by atoms with van der Waals surface area (Å²) in [5, 5.41) is -0.258. The Morgan fingerprint density at radius 2 is 1.61 bits per heavy atom. The Hall–Kier alpha value is -2.33. The van der Waals surface area contributed by atoms with Gasteiger partial charge < -0.3 is 0 Å². The minimum Gasteiger partial charge on any atom is -0.268 e. The molecule has 0 aliphatic carbocycles. The molecule has 3 nitrogen and oxygen atoms in total. The third-order valence-corrected chi connectivity index (χ3v) is 4.58. The summed E-state index contributed by atoms with van der Waals surface area (Å²) < 4.78 is 0. The predicted molar refractivity (Wildman–Crippen MR) is 95.4 cm³/mol. The van der Waals surface area contributed by atoms with Crippen LogP contribution in [0.2, 0.25) is 0 Å². The molecular weight excluding hydrogens is 306 g/mol. The third kappa shape index (κ3) is 3.22. The number of anilines is 1. The van der Waals surface area contributed by atoms with Crippen LogP contribution in [0.15, 0.2) is 59.5 Å². The van der Waals surface area contributed by atoms with E-state index in [4.69, 9.17) is 0 Å². The fourth-order valence-electron chi connectivity index (χ4n) is 2.40. The maximum Gasteiger partial charge on any atom is 0.298 e. The van der Waals surface area contributed by atoms with E-state index in [1.807, 2.05) is 30.3 Å². The fourth-order valence-corrected chi connectivity index (χ4v) is 3.24. The van der Waals surface area contributed by atoms with Gasteiger partial charge in [-0.3, -0.25) is 9.59 Å². The maximum atomic E-state index is 12.5. The minimum atomic E-state index is -0.265. The molecule has 0 N–H and O–H groups in total. The first-order valence-corrected chi connectivity index (χ1v) is 8.31. The topological polar surface area (TPSA) is 37.4 Å². The number of para-hydroxylation sites is 1. The highest BCUT2D eigenvalue weighted by Gasteiger charge is 2.36. The molecule has 1 fully saturated rings. The van der Waals surface area contributed by atoms with Crippen LogP contribution in [0.4, 0.5) is 10.5 Å². The van der Waals surface area contributed by atoms with Crippen molar-refractivity contribution in [2.45, 2.75) is 19.8 Å². The Kier molecular flexibility index (Phi) is 4.35. The summed E-state index contributed by atoms with van der Waals surface area (Å²) in [7, 11) is 0. The van der Waals surface area contributed by atoms with Crippen LogP contribution >= 0.6 is 11.8 Å². The molecule has 0 unspecified atom stereocenters. The molecule has 0 aromatic heterocycles. The molecule has 4 heteroatoms. The van der Waals surface area contributed by atoms with Gasteiger partial charge in [0.2, 0.25) is 0 Å². The summed E-state index contributed by atoms with van der Waals surface area (Å²) in [5.74, 6) is 0.202. The second-order valence-corrected chi connectivity index (χ2v) is 6.67. The predicted octanol–water partition coefficient (Wildman–Crippen LogP) is 5.05. The summed E-state index contributed by atoms with van der Waals surface area (Å²) in [6.07, 6.45) is 1.78. The molecule has 116 valence electrons. The average molecular weight is 323 g/mol. The zero-order valence-corrected chi connectivity index (χ0v) is 13.8. The van der Waals surface area contributed by atoms with E-state index in [0.717, 1.165) is 17.3 Å². The number of hydrogen-bond donors (Lipinski definition) is 0. The van der Waals surface area contributed by atoms with Gasteiger partial charge >= 0.3 is 0 Å². The van der Waals surface area contributed by atoms with E-state index in [1.165, 1.54) is 10.5 Å². The first-order valence-electron chi connectivity index (χ1n) is 7.49. The molecule has 1 heterocycles. The quantitative estimate of drug-likeness (QED) is 0.742. The number of nitrogens with zero attached hydrogens (tertiary/aromatic N) is 1. The number of benzene rings is 2. The van der Waals surface area contributed by atoms with Crippen molar-refractivity contribution < 1.29 is 9.59 Å². The largest absolute Gasteiger partial charge is 0.298 e. The lowest BCUT2D eigenvalue weighted by Gasteiger charge is -2.11. The van der Waals surface area contributed by atoms with Gasteiger partial charge in [-0.15, -0.1) is 0 Å². The van der Waals surface area contributed by atoms with Gasteiger partial charge in [0.05, 0.1) is 10.6 Å². The molecule has 0 spiro atoms. The first-order chi connectivity index (χ1) is 11.1. The van der Waals surface area contributed by atoms with Crippen molar-refractivity contribution in [2.75, 3.05) is 4.90 Å². The molecule has 1 saturated heterocycles. The Morgan fingerprint density at radius 3 is 2.22 bits per heavy atom.